The van der Waals surface area contributed by atoms with Crippen LogP contribution in [-0.2, 0) is 12.3 Å². The molecule has 0 N–H and O–H groups in total. The number of thioether (sulfide) groups is 1. The molecule has 0 fully saturated rings. The summed E-state index contributed by atoms with van der Waals surface area (Å²) in [7, 11) is 0. The highest BCUT2D eigenvalue weighted by Crippen LogP contribution is 2.28. The normalized spacial score (nSPS) is 11.1. The Morgan fingerprint density at radius 3 is 2.75 bits per heavy atom. The zero-order chi connectivity index (χ0) is 19.3. The molecule has 0 aliphatic heterocycles. The van der Waals surface area contributed by atoms with Crippen LogP contribution in [0.25, 0.3) is 22.8 Å². The molecular weight excluding hydrogens is 394 g/mol. The minimum atomic E-state index is 0.561. The molecule has 3 aromatic heterocycles. The molecule has 0 saturated carbocycles. The van der Waals surface area contributed by atoms with Gasteiger partial charge in [0.05, 0.1) is 5.69 Å². The van der Waals surface area contributed by atoms with E-state index in [-0.39, 0.29) is 0 Å². The summed E-state index contributed by atoms with van der Waals surface area (Å²) in [5.41, 5.74) is 2.71. The van der Waals surface area contributed by atoms with Gasteiger partial charge in [0.25, 0.3) is 0 Å². The van der Waals surface area contributed by atoms with Crippen LogP contribution in [0.5, 0.6) is 0 Å². The molecule has 3 heterocycles. The van der Waals surface area contributed by atoms with Gasteiger partial charge in [0.15, 0.2) is 11.0 Å². The molecule has 8 heteroatoms. The molecule has 142 valence electrons. The molecule has 28 heavy (non-hydrogen) atoms. The second-order valence-corrected chi connectivity index (χ2v) is 7.52. The van der Waals surface area contributed by atoms with Crippen LogP contribution in [0.2, 0.25) is 5.02 Å². The van der Waals surface area contributed by atoms with Crippen LogP contribution in [0.15, 0.2) is 64.6 Å². The average Bonchev–Trinajstić information content (AvgIpc) is 3.35. The van der Waals surface area contributed by atoms with Crippen molar-refractivity contribution in [2.75, 3.05) is 0 Å². The molecule has 4 aromatic rings. The zero-order valence-electron chi connectivity index (χ0n) is 15.2. The van der Waals surface area contributed by atoms with E-state index in [0.717, 1.165) is 40.8 Å². The summed E-state index contributed by atoms with van der Waals surface area (Å²) in [5, 5.41) is 10.3. The molecule has 0 aliphatic rings. The molecule has 6 nitrogen and oxygen atoms in total. The first-order chi connectivity index (χ1) is 13.7. The van der Waals surface area contributed by atoms with E-state index in [1.54, 1.807) is 30.4 Å². The summed E-state index contributed by atoms with van der Waals surface area (Å²) in [6, 6.07) is 11.4. The van der Waals surface area contributed by atoms with Crippen LogP contribution in [-0.4, -0.2) is 24.7 Å². The topological polar surface area (TPSA) is 69.6 Å². The first-order valence-electron chi connectivity index (χ1n) is 8.91. The maximum atomic E-state index is 6.05. The molecular formula is C20H18ClN5OS. The van der Waals surface area contributed by atoms with E-state index in [9.17, 15) is 0 Å². The van der Waals surface area contributed by atoms with Gasteiger partial charge in [0.1, 0.15) is 6.26 Å². The zero-order valence-corrected chi connectivity index (χ0v) is 16.8. The van der Waals surface area contributed by atoms with Crippen LogP contribution in [0.1, 0.15) is 19.0 Å². The Kier molecular flexibility index (Phi) is 5.73. The summed E-state index contributed by atoms with van der Waals surface area (Å²) in [6.45, 7) is 2.99. The Hall–Kier alpha value is -2.64. The molecule has 0 aliphatic carbocycles. The number of halogens is 1. The number of rotatable bonds is 7. The smallest absolute Gasteiger partial charge is 0.226 e. The Labute approximate surface area is 172 Å². The van der Waals surface area contributed by atoms with E-state index in [1.807, 2.05) is 36.4 Å². The molecule has 0 spiro atoms. The summed E-state index contributed by atoms with van der Waals surface area (Å²) in [6.07, 6.45) is 6.19. The molecule has 1 aromatic carbocycles. The quantitative estimate of drug-likeness (QED) is 0.382. The second-order valence-electron chi connectivity index (χ2n) is 6.14. The highest BCUT2D eigenvalue weighted by molar-refractivity contribution is 7.98. The lowest BCUT2D eigenvalue weighted by atomic mass is 10.2. The molecule has 0 radical (unpaired) electrons. The highest BCUT2D eigenvalue weighted by Gasteiger charge is 2.15. The fourth-order valence-electron chi connectivity index (χ4n) is 2.80. The van der Waals surface area contributed by atoms with E-state index >= 15 is 0 Å². The maximum Gasteiger partial charge on any atom is 0.226 e. The van der Waals surface area contributed by atoms with Crippen LogP contribution < -0.4 is 0 Å². The highest BCUT2D eigenvalue weighted by atomic mass is 35.5. The Bertz CT molecular complexity index is 1060. The third-order valence-electron chi connectivity index (χ3n) is 4.08. The Morgan fingerprint density at radius 2 is 1.96 bits per heavy atom. The maximum absolute atomic E-state index is 6.05. The van der Waals surface area contributed by atoms with Gasteiger partial charge in [-0.1, -0.05) is 36.4 Å². The number of benzene rings is 1. The Balaban J connectivity index is 1.52. The molecule has 0 atom stereocenters. The predicted octanol–water partition coefficient (Wildman–Crippen LogP) is 5.35. The van der Waals surface area contributed by atoms with E-state index in [4.69, 9.17) is 16.0 Å². The molecule has 0 saturated heterocycles. The molecule has 4 rings (SSSR count). The van der Waals surface area contributed by atoms with E-state index in [0.29, 0.717) is 16.7 Å². The molecule has 0 bridgehead atoms. The van der Waals surface area contributed by atoms with Gasteiger partial charge in [-0.2, -0.15) is 0 Å². The number of hydrogen-bond donors (Lipinski definition) is 0. The summed E-state index contributed by atoms with van der Waals surface area (Å²) >= 11 is 7.64. The van der Waals surface area contributed by atoms with Crippen molar-refractivity contribution in [1.29, 1.82) is 0 Å². The van der Waals surface area contributed by atoms with E-state index in [2.05, 4.69) is 31.7 Å². The monoisotopic (exact) mass is 411 g/mol. The van der Waals surface area contributed by atoms with Crippen LogP contribution in [0.3, 0.4) is 0 Å². The van der Waals surface area contributed by atoms with Crippen LogP contribution in [0.4, 0.5) is 0 Å². The van der Waals surface area contributed by atoms with Crippen molar-refractivity contribution in [3.05, 3.63) is 65.8 Å². The number of hydrogen-bond acceptors (Lipinski definition) is 6. The minimum Gasteiger partial charge on any atom is -0.444 e. The minimum absolute atomic E-state index is 0.561. The van der Waals surface area contributed by atoms with Crippen molar-refractivity contribution in [1.82, 2.24) is 24.7 Å². The fourth-order valence-corrected chi connectivity index (χ4v) is 3.83. The first kappa shape index (κ1) is 18.7. The van der Waals surface area contributed by atoms with E-state index < -0.39 is 0 Å². The summed E-state index contributed by atoms with van der Waals surface area (Å²) < 4.78 is 7.75. The molecule has 0 unspecified atom stereocenters. The van der Waals surface area contributed by atoms with Crippen molar-refractivity contribution in [3.63, 3.8) is 0 Å². The lowest BCUT2D eigenvalue weighted by molar-refractivity contribution is 0.573. The average molecular weight is 412 g/mol. The molecule has 0 amide bonds. The van der Waals surface area contributed by atoms with Gasteiger partial charge < -0.3 is 8.98 Å². The third-order valence-corrected chi connectivity index (χ3v) is 5.31. The fraction of sp³-hybridized carbons (Fsp3) is 0.200. The van der Waals surface area contributed by atoms with Crippen molar-refractivity contribution < 1.29 is 4.42 Å². The second kappa shape index (κ2) is 8.58. The van der Waals surface area contributed by atoms with Gasteiger partial charge in [0.2, 0.25) is 5.89 Å². The van der Waals surface area contributed by atoms with Crippen molar-refractivity contribution >= 4 is 23.4 Å². The van der Waals surface area contributed by atoms with Crippen molar-refractivity contribution in [3.8, 4) is 22.8 Å². The SMILES string of the molecule is CCCn1c(SCc2coc(-c3cccc(Cl)c3)n2)nnc1-c1ccncc1. The van der Waals surface area contributed by atoms with Gasteiger partial charge in [0, 0.05) is 40.8 Å². The van der Waals surface area contributed by atoms with Gasteiger partial charge in [-0.15, -0.1) is 10.2 Å². The van der Waals surface area contributed by atoms with Gasteiger partial charge in [-0.3, -0.25) is 4.98 Å². The predicted molar refractivity (Wildman–Crippen MR) is 110 cm³/mol. The summed E-state index contributed by atoms with van der Waals surface area (Å²) in [5.74, 6) is 2.06. The number of pyridine rings is 1. The van der Waals surface area contributed by atoms with E-state index in [1.165, 1.54) is 0 Å². The lowest BCUT2D eigenvalue weighted by Crippen LogP contribution is -2.02. The number of aromatic nitrogens is 5. The summed E-state index contributed by atoms with van der Waals surface area (Å²) in [4.78, 5) is 8.64. The third kappa shape index (κ3) is 4.10. The van der Waals surface area contributed by atoms with Crippen LogP contribution >= 0.6 is 23.4 Å². The number of oxazole rings is 1. The van der Waals surface area contributed by atoms with Gasteiger partial charge >= 0.3 is 0 Å². The standard InChI is InChI=1S/C20H18ClN5OS/c1-2-10-26-18(14-6-8-22-9-7-14)24-25-20(26)28-13-17-12-27-19(23-17)15-4-3-5-16(21)11-15/h3-9,11-12H,2,10,13H2,1H3. The Morgan fingerprint density at radius 1 is 1.11 bits per heavy atom. The first-order valence-corrected chi connectivity index (χ1v) is 10.3. The van der Waals surface area contributed by atoms with Crippen LogP contribution in [0, 0.1) is 0 Å². The lowest BCUT2D eigenvalue weighted by Gasteiger charge is -2.08. The van der Waals surface area contributed by atoms with Crippen molar-refractivity contribution in [2.45, 2.75) is 30.8 Å². The number of nitrogens with zero attached hydrogens (tertiary/aromatic N) is 5. The largest absolute Gasteiger partial charge is 0.444 e. The van der Waals surface area contributed by atoms with Gasteiger partial charge in [-0.05, 0) is 36.8 Å². The van der Waals surface area contributed by atoms with Crippen molar-refractivity contribution in [2.24, 2.45) is 0 Å². The van der Waals surface area contributed by atoms with Gasteiger partial charge in [-0.25, -0.2) is 4.98 Å².